The molecule has 2 aromatic rings. The van der Waals surface area contributed by atoms with Gasteiger partial charge in [0, 0.05) is 18.8 Å². The molecule has 3 rings (SSSR count). The van der Waals surface area contributed by atoms with Crippen molar-refractivity contribution in [2.45, 2.75) is 91.3 Å². The van der Waals surface area contributed by atoms with E-state index in [0.717, 1.165) is 11.3 Å². The second-order valence-electron chi connectivity index (χ2n) is 11.2. The first-order valence-corrected chi connectivity index (χ1v) is 15.2. The summed E-state index contributed by atoms with van der Waals surface area (Å²) in [6.07, 6.45) is 10.1. The Labute approximate surface area is 210 Å². The van der Waals surface area contributed by atoms with Crippen LogP contribution in [0.25, 0.3) is 12.2 Å². The van der Waals surface area contributed by atoms with Crippen molar-refractivity contribution in [2.75, 3.05) is 0 Å². The van der Waals surface area contributed by atoms with Gasteiger partial charge in [0.1, 0.15) is 23.9 Å². The smallest absolute Gasteiger partial charge is 0.218 e. The van der Waals surface area contributed by atoms with Crippen molar-refractivity contribution in [1.82, 2.24) is 9.97 Å². The van der Waals surface area contributed by atoms with Gasteiger partial charge in [0.2, 0.25) is 5.89 Å². The molecule has 2 aromatic heterocycles. The van der Waals surface area contributed by atoms with Gasteiger partial charge < -0.3 is 18.0 Å². The van der Waals surface area contributed by atoms with Crippen molar-refractivity contribution >= 4 is 26.8 Å². The van der Waals surface area contributed by atoms with Crippen LogP contribution in [0.5, 0.6) is 0 Å². The van der Waals surface area contributed by atoms with Gasteiger partial charge in [0.05, 0.1) is 18.3 Å². The third-order valence-electron chi connectivity index (χ3n) is 7.41. The highest BCUT2D eigenvalue weighted by Gasteiger charge is 2.47. The highest BCUT2D eigenvalue weighted by Crippen LogP contribution is 2.43. The predicted molar refractivity (Wildman–Crippen MR) is 139 cm³/mol. The normalized spacial score (nSPS) is 26.4. The minimum absolute atomic E-state index is 0.0508. The Kier molecular flexibility index (Phi) is 8.39. The minimum Gasteiger partial charge on any atom is -0.449 e. The van der Waals surface area contributed by atoms with E-state index in [2.05, 4.69) is 64.6 Å². The molecule has 0 saturated carbocycles. The first kappa shape index (κ1) is 27.3. The molecule has 1 aliphatic rings. The van der Waals surface area contributed by atoms with Gasteiger partial charge >= 0.3 is 0 Å². The minimum atomic E-state index is -2.00. The zero-order valence-corrected chi connectivity index (χ0v) is 23.5. The quantitative estimate of drug-likeness (QED) is 0.294. The van der Waals surface area contributed by atoms with Crippen LogP contribution in [-0.2, 0) is 9.16 Å². The lowest BCUT2D eigenvalue weighted by molar-refractivity contribution is -0.143. The molecule has 0 bridgehead atoms. The van der Waals surface area contributed by atoms with Gasteiger partial charge in [-0.3, -0.25) is 4.79 Å². The van der Waals surface area contributed by atoms with E-state index in [1.165, 1.54) is 6.26 Å². The van der Waals surface area contributed by atoms with Gasteiger partial charge in [-0.05, 0) is 49.2 Å². The molecule has 35 heavy (non-hydrogen) atoms. The fraction of sp³-hybridized carbons (Fsp3) is 0.593. The molecule has 0 N–H and O–H groups in total. The van der Waals surface area contributed by atoms with Gasteiger partial charge in [-0.25, -0.2) is 9.97 Å². The summed E-state index contributed by atoms with van der Waals surface area (Å²) < 4.78 is 24.4. The van der Waals surface area contributed by atoms with Gasteiger partial charge in [0.15, 0.2) is 20.5 Å². The molecule has 1 fully saturated rings. The average molecular weight is 501 g/mol. The summed E-state index contributed by atoms with van der Waals surface area (Å²) in [5.41, 5.74) is 2.17. The Bertz CT molecular complexity index is 1060. The van der Waals surface area contributed by atoms with Crippen LogP contribution >= 0.6 is 0 Å². The van der Waals surface area contributed by atoms with Crippen LogP contribution < -0.4 is 0 Å². The number of ether oxygens (including phenoxy) is 1. The zero-order valence-electron chi connectivity index (χ0n) is 22.5. The summed E-state index contributed by atoms with van der Waals surface area (Å²) in [5.74, 6) is 1.41. The third kappa shape index (κ3) is 6.48. The molecule has 7 nitrogen and oxygen atoms in total. The molecule has 0 aromatic carbocycles. The van der Waals surface area contributed by atoms with Crippen molar-refractivity contribution < 1.29 is 22.8 Å². The maximum absolute atomic E-state index is 10.9. The summed E-state index contributed by atoms with van der Waals surface area (Å²) in [5, 5.41) is 0.111. The number of carbonyl (C=O) groups is 1. The third-order valence-corrected chi connectivity index (χ3v) is 11.9. The second kappa shape index (κ2) is 10.8. The summed E-state index contributed by atoms with van der Waals surface area (Å²) in [4.78, 5) is 19.4. The largest absolute Gasteiger partial charge is 0.449 e. The van der Waals surface area contributed by atoms with Crippen LogP contribution in [0.2, 0.25) is 18.1 Å². The van der Waals surface area contributed by atoms with E-state index in [1.807, 2.05) is 19.1 Å². The molecule has 0 unspecified atom stereocenters. The highest BCUT2D eigenvalue weighted by molar-refractivity contribution is 6.74. The van der Waals surface area contributed by atoms with Crippen LogP contribution in [0, 0.1) is 18.8 Å². The van der Waals surface area contributed by atoms with E-state index in [1.54, 1.807) is 12.3 Å². The summed E-state index contributed by atoms with van der Waals surface area (Å²) in [6.45, 7) is 19.8. The number of aryl methyl sites for hydroxylation is 1. The topological polar surface area (TPSA) is 87.6 Å². The number of aromatic nitrogens is 2. The fourth-order valence-corrected chi connectivity index (χ4v) is 5.78. The molecule has 0 amide bonds. The van der Waals surface area contributed by atoms with Gasteiger partial charge in [-0.1, -0.05) is 40.7 Å². The second-order valence-corrected chi connectivity index (χ2v) is 16.0. The molecule has 1 aliphatic heterocycles. The first-order valence-electron chi connectivity index (χ1n) is 12.3. The predicted octanol–water partition coefficient (Wildman–Crippen LogP) is 6.72. The van der Waals surface area contributed by atoms with Gasteiger partial charge in [-0.2, -0.15) is 0 Å². The molecule has 1 saturated heterocycles. The van der Waals surface area contributed by atoms with E-state index >= 15 is 0 Å². The van der Waals surface area contributed by atoms with E-state index in [4.69, 9.17) is 18.0 Å². The lowest BCUT2D eigenvalue weighted by Gasteiger charge is -2.49. The number of hydrogen-bond acceptors (Lipinski definition) is 7. The van der Waals surface area contributed by atoms with E-state index in [0.29, 0.717) is 24.5 Å². The maximum Gasteiger partial charge on any atom is 0.218 e. The lowest BCUT2D eigenvalue weighted by atomic mass is 9.79. The molecule has 0 spiro atoms. The molecule has 8 heteroatoms. The van der Waals surface area contributed by atoms with Crippen LogP contribution in [-0.4, -0.2) is 42.9 Å². The van der Waals surface area contributed by atoms with E-state index in [9.17, 15) is 4.79 Å². The Hall–Kier alpha value is -2.29. The number of nitrogens with zero attached hydrogens (tertiary/aromatic N) is 2. The van der Waals surface area contributed by atoms with Crippen LogP contribution in [0.15, 0.2) is 33.0 Å². The molecular weight excluding hydrogens is 460 g/mol. The van der Waals surface area contributed by atoms with Gasteiger partial charge in [-0.15, -0.1) is 0 Å². The molecule has 0 radical (unpaired) electrons. The van der Waals surface area contributed by atoms with E-state index in [-0.39, 0.29) is 40.9 Å². The molecule has 3 heterocycles. The Morgan fingerprint density at radius 1 is 1.11 bits per heavy atom. The Morgan fingerprint density at radius 3 is 2.37 bits per heavy atom. The summed E-state index contributed by atoms with van der Waals surface area (Å²) in [7, 11) is -2.00. The van der Waals surface area contributed by atoms with Gasteiger partial charge in [0.25, 0.3) is 0 Å². The molecule has 0 aliphatic carbocycles. The fourth-order valence-electron chi connectivity index (χ4n) is 4.32. The number of oxazole rings is 2. The Morgan fingerprint density at radius 2 is 1.80 bits per heavy atom. The number of carbonyl (C=O) groups excluding carboxylic acids is 1. The summed E-state index contributed by atoms with van der Waals surface area (Å²) in [6, 6.07) is 0. The van der Waals surface area contributed by atoms with Crippen molar-refractivity contribution in [2.24, 2.45) is 11.8 Å². The van der Waals surface area contributed by atoms with Crippen LogP contribution in [0.3, 0.4) is 0 Å². The molecule has 192 valence electrons. The van der Waals surface area contributed by atoms with Crippen LogP contribution in [0.4, 0.5) is 0 Å². The highest BCUT2D eigenvalue weighted by atomic mass is 28.4. The van der Waals surface area contributed by atoms with Crippen molar-refractivity contribution in [3.63, 3.8) is 0 Å². The SMILES string of the molecule is C/C(=C\c1coc(C)n1)[C@@H]1O[C@H](C/C=C/c2nc(C=O)co2)[C@H](C)[C@@H](O[Si](C)(C)C(C)(C)C)[C@H]1C. The monoisotopic (exact) mass is 500 g/mol. The maximum atomic E-state index is 10.9. The number of hydrogen-bond donors (Lipinski definition) is 0. The molecule has 5 atom stereocenters. The number of rotatable bonds is 8. The zero-order chi connectivity index (χ0) is 26.0. The van der Waals surface area contributed by atoms with E-state index < -0.39 is 8.32 Å². The van der Waals surface area contributed by atoms with Crippen molar-refractivity contribution in [3.05, 3.63) is 47.3 Å². The average Bonchev–Trinajstić information content (AvgIpc) is 3.40. The number of aldehydes is 1. The Balaban J connectivity index is 1.87. The summed E-state index contributed by atoms with van der Waals surface area (Å²) >= 11 is 0. The lowest BCUT2D eigenvalue weighted by Crippen LogP contribution is -2.55. The first-order chi connectivity index (χ1) is 16.3. The van der Waals surface area contributed by atoms with Crippen molar-refractivity contribution in [3.8, 4) is 0 Å². The van der Waals surface area contributed by atoms with Crippen molar-refractivity contribution in [1.29, 1.82) is 0 Å². The van der Waals surface area contributed by atoms with Crippen LogP contribution in [0.1, 0.15) is 75.9 Å². The molecular formula is C27H40N2O5Si. The standard InChI is InChI=1S/C27H40N2O5Si/c1-17(13-21-15-31-20(4)28-21)25-19(3)26(34-35(8,9)27(5,6)7)18(2)23(33-25)11-10-12-24-29-22(14-30)16-32-24/h10,12-16,18-19,23,25-26H,11H2,1-9H3/b12-10+,17-13+/t18-,19-,23+,25-,26+/m0/s1.